The molecule has 0 bridgehead atoms. The number of hydrazone groups is 1. The van der Waals surface area contributed by atoms with Gasteiger partial charge in [-0.25, -0.2) is 10.4 Å². The molecule has 0 saturated carbocycles. The van der Waals surface area contributed by atoms with Crippen molar-refractivity contribution in [2.24, 2.45) is 5.10 Å². The SMILES string of the molecule is C/C(=N/NC(=O)Cn1cnc2ccccc21)c1ccccc1O. The molecule has 116 valence electrons. The number of hydrogen-bond acceptors (Lipinski definition) is 4. The first kappa shape index (κ1) is 14.8. The third-order valence-corrected chi connectivity index (χ3v) is 3.48. The Hall–Kier alpha value is -3.15. The first-order valence-corrected chi connectivity index (χ1v) is 7.16. The fraction of sp³-hybridized carbons (Fsp3) is 0.118. The van der Waals surface area contributed by atoms with Crippen molar-refractivity contribution in [3.63, 3.8) is 0 Å². The lowest BCUT2D eigenvalue weighted by Crippen LogP contribution is -2.24. The van der Waals surface area contributed by atoms with Crippen LogP contribution in [-0.2, 0) is 11.3 Å². The van der Waals surface area contributed by atoms with Crippen molar-refractivity contribution in [2.75, 3.05) is 0 Å². The highest BCUT2D eigenvalue weighted by Gasteiger charge is 2.07. The summed E-state index contributed by atoms with van der Waals surface area (Å²) in [5.41, 5.74) is 5.35. The lowest BCUT2D eigenvalue weighted by Gasteiger charge is -2.06. The Morgan fingerprint density at radius 2 is 1.96 bits per heavy atom. The van der Waals surface area contributed by atoms with Crippen LogP contribution in [0.25, 0.3) is 11.0 Å². The lowest BCUT2D eigenvalue weighted by molar-refractivity contribution is -0.121. The van der Waals surface area contributed by atoms with Crippen LogP contribution >= 0.6 is 0 Å². The summed E-state index contributed by atoms with van der Waals surface area (Å²) in [6.45, 7) is 1.85. The second kappa shape index (κ2) is 6.31. The molecule has 0 spiro atoms. The minimum absolute atomic E-state index is 0.123. The molecule has 0 aliphatic rings. The number of carbonyl (C=O) groups is 1. The first-order chi connectivity index (χ1) is 11.1. The number of aromatic hydroxyl groups is 1. The molecule has 1 amide bonds. The Morgan fingerprint density at radius 1 is 1.22 bits per heavy atom. The van der Waals surface area contributed by atoms with Crippen molar-refractivity contribution >= 4 is 22.7 Å². The Balaban J connectivity index is 1.70. The highest BCUT2D eigenvalue weighted by atomic mass is 16.3. The van der Waals surface area contributed by atoms with Crippen molar-refractivity contribution in [2.45, 2.75) is 13.5 Å². The molecule has 1 aromatic heterocycles. The van der Waals surface area contributed by atoms with Gasteiger partial charge in [0.15, 0.2) is 0 Å². The molecule has 0 fully saturated rings. The van der Waals surface area contributed by atoms with Gasteiger partial charge in [0.05, 0.1) is 23.1 Å². The van der Waals surface area contributed by atoms with Gasteiger partial charge in [-0.3, -0.25) is 4.79 Å². The predicted molar refractivity (Wildman–Crippen MR) is 88.2 cm³/mol. The van der Waals surface area contributed by atoms with E-state index in [1.165, 1.54) is 0 Å². The molecule has 0 saturated heterocycles. The Bertz CT molecular complexity index is 883. The minimum atomic E-state index is -0.261. The average Bonchev–Trinajstić information content (AvgIpc) is 2.96. The van der Waals surface area contributed by atoms with Crippen LogP contribution < -0.4 is 5.43 Å². The summed E-state index contributed by atoms with van der Waals surface area (Å²) in [5.74, 6) is -0.133. The lowest BCUT2D eigenvalue weighted by atomic mass is 10.1. The van der Waals surface area contributed by atoms with Gasteiger partial charge in [0, 0.05) is 5.56 Å². The fourth-order valence-corrected chi connectivity index (χ4v) is 2.31. The smallest absolute Gasteiger partial charge is 0.260 e. The van der Waals surface area contributed by atoms with Crippen LogP contribution in [0.1, 0.15) is 12.5 Å². The van der Waals surface area contributed by atoms with Crippen LogP contribution in [0.5, 0.6) is 5.75 Å². The summed E-state index contributed by atoms with van der Waals surface area (Å²) in [6.07, 6.45) is 1.63. The van der Waals surface area contributed by atoms with Gasteiger partial charge in [-0.05, 0) is 31.2 Å². The number of nitrogens with zero attached hydrogens (tertiary/aromatic N) is 3. The van der Waals surface area contributed by atoms with E-state index in [2.05, 4.69) is 15.5 Å². The predicted octanol–water partition coefficient (Wildman–Crippen LogP) is 2.28. The Morgan fingerprint density at radius 3 is 2.78 bits per heavy atom. The number of amides is 1. The van der Waals surface area contributed by atoms with Crippen LogP contribution in [0.2, 0.25) is 0 Å². The fourth-order valence-electron chi connectivity index (χ4n) is 2.31. The van der Waals surface area contributed by atoms with Gasteiger partial charge in [0.2, 0.25) is 0 Å². The van der Waals surface area contributed by atoms with E-state index in [9.17, 15) is 9.90 Å². The molecule has 23 heavy (non-hydrogen) atoms. The number of benzene rings is 2. The number of phenolic OH excluding ortho intramolecular Hbond substituents is 1. The number of aromatic nitrogens is 2. The second-order valence-corrected chi connectivity index (χ2v) is 5.11. The topological polar surface area (TPSA) is 79.5 Å². The standard InChI is InChI=1S/C17H16N4O2/c1-12(13-6-2-5-9-16(13)22)19-20-17(23)10-21-11-18-14-7-3-4-8-15(14)21/h2-9,11,22H,10H2,1H3,(H,20,23)/b19-12-. The third kappa shape index (κ3) is 3.21. The van der Waals surface area contributed by atoms with E-state index in [0.29, 0.717) is 11.3 Å². The summed E-state index contributed by atoms with van der Waals surface area (Å²) in [6, 6.07) is 14.5. The van der Waals surface area contributed by atoms with Crippen molar-refractivity contribution in [1.29, 1.82) is 0 Å². The van der Waals surface area contributed by atoms with Gasteiger partial charge in [0.25, 0.3) is 5.91 Å². The normalized spacial score (nSPS) is 11.6. The molecule has 0 aliphatic carbocycles. The largest absolute Gasteiger partial charge is 0.507 e. The summed E-state index contributed by atoms with van der Waals surface area (Å²) < 4.78 is 1.76. The van der Waals surface area contributed by atoms with Gasteiger partial charge >= 0.3 is 0 Å². The molecule has 2 N–H and O–H groups in total. The maximum absolute atomic E-state index is 12.0. The number of nitrogens with one attached hydrogen (secondary N) is 1. The molecule has 0 atom stereocenters. The maximum atomic E-state index is 12.0. The quantitative estimate of drug-likeness (QED) is 0.573. The number of para-hydroxylation sites is 3. The van der Waals surface area contributed by atoms with Crippen molar-refractivity contribution in [1.82, 2.24) is 15.0 Å². The molecule has 0 unspecified atom stereocenters. The van der Waals surface area contributed by atoms with Crippen LogP contribution in [0.15, 0.2) is 60.0 Å². The zero-order chi connectivity index (χ0) is 16.2. The molecule has 2 aromatic carbocycles. The van der Waals surface area contributed by atoms with E-state index < -0.39 is 0 Å². The minimum Gasteiger partial charge on any atom is -0.507 e. The van der Waals surface area contributed by atoms with Gasteiger partial charge in [-0.2, -0.15) is 5.10 Å². The van der Waals surface area contributed by atoms with Crippen molar-refractivity contribution < 1.29 is 9.90 Å². The molecule has 0 radical (unpaired) electrons. The Labute approximate surface area is 133 Å². The molecule has 3 aromatic rings. The van der Waals surface area contributed by atoms with E-state index in [4.69, 9.17) is 0 Å². The van der Waals surface area contributed by atoms with E-state index in [1.807, 2.05) is 24.3 Å². The number of fused-ring (bicyclic) bond motifs is 1. The zero-order valence-electron chi connectivity index (χ0n) is 12.6. The van der Waals surface area contributed by atoms with E-state index in [-0.39, 0.29) is 18.2 Å². The number of phenols is 1. The van der Waals surface area contributed by atoms with Crippen molar-refractivity contribution in [3.8, 4) is 5.75 Å². The first-order valence-electron chi connectivity index (χ1n) is 7.16. The van der Waals surface area contributed by atoms with Crippen LogP contribution in [0.4, 0.5) is 0 Å². The molecule has 0 aliphatic heterocycles. The molecule has 6 heteroatoms. The summed E-state index contributed by atoms with van der Waals surface area (Å²) in [7, 11) is 0. The van der Waals surface area contributed by atoms with E-state index in [1.54, 1.807) is 42.1 Å². The monoisotopic (exact) mass is 308 g/mol. The number of hydrogen-bond donors (Lipinski definition) is 2. The molecular weight excluding hydrogens is 292 g/mol. The van der Waals surface area contributed by atoms with Gasteiger partial charge in [0.1, 0.15) is 12.3 Å². The Kier molecular flexibility index (Phi) is 4.05. The van der Waals surface area contributed by atoms with Gasteiger partial charge in [-0.1, -0.05) is 24.3 Å². The average molecular weight is 308 g/mol. The number of carbonyl (C=O) groups excluding carboxylic acids is 1. The van der Waals surface area contributed by atoms with Crippen molar-refractivity contribution in [3.05, 3.63) is 60.4 Å². The highest BCUT2D eigenvalue weighted by molar-refractivity contribution is 6.01. The van der Waals surface area contributed by atoms with Crippen LogP contribution in [0.3, 0.4) is 0 Å². The molecular formula is C17H16N4O2. The highest BCUT2D eigenvalue weighted by Crippen LogP contribution is 2.16. The van der Waals surface area contributed by atoms with Gasteiger partial charge in [-0.15, -0.1) is 0 Å². The third-order valence-electron chi connectivity index (χ3n) is 3.48. The van der Waals surface area contributed by atoms with E-state index in [0.717, 1.165) is 11.0 Å². The van der Waals surface area contributed by atoms with E-state index >= 15 is 0 Å². The number of rotatable bonds is 4. The van der Waals surface area contributed by atoms with Crippen LogP contribution in [-0.4, -0.2) is 26.3 Å². The summed E-state index contributed by atoms with van der Waals surface area (Å²) >= 11 is 0. The molecule has 3 rings (SSSR count). The maximum Gasteiger partial charge on any atom is 0.260 e. The van der Waals surface area contributed by atoms with Gasteiger partial charge < -0.3 is 9.67 Å². The summed E-state index contributed by atoms with van der Waals surface area (Å²) in [4.78, 5) is 16.3. The number of imidazole rings is 1. The summed E-state index contributed by atoms with van der Waals surface area (Å²) in [5, 5.41) is 13.8. The zero-order valence-corrected chi connectivity index (χ0v) is 12.6. The second-order valence-electron chi connectivity index (χ2n) is 5.11. The molecule has 6 nitrogen and oxygen atoms in total. The molecule has 1 heterocycles. The van der Waals surface area contributed by atoms with Crippen LogP contribution in [0, 0.1) is 0 Å².